The molecule has 0 saturated carbocycles. The first kappa shape index (κ1) is 21.3. The molecule has 1 aliphatic heterocycles. The average molecular weight is 423 g/mol. The molecule has 1 saturated heterocycles. The molecule has 8 nitrogen and oxygen atoms in total. The second kappa shape index (κ2) is 8.95. The zero-order chi connectivity index (χ0) is 21.0. The van der Waals surface area contributed by atoms with E-state index in [1.165, 1.54) is 37.3 Å². The number of sulfonamides is 1. The van der Waals surface area contributed by atoms with Crippen molar-refractivity contribution in [1.29, 1.82) is 0 Å². The normalized spacial score (nSPS) is 16.5. The van der Waals surface area contributed by atoms with Gasteiger partial charge in [0, 0.05) is 37.8 Å². The molecule has 0 amide bonds. The van der Waals surface area contributed by atoms with Crippen molar-refractivity contribution in [1.82, 2.24) is 9.62 Å². The van der Waals surface area contributed by atoms with Gasteiger partial charge in [-0.05, 0) is 36.2 Å². The summed E-state index contributed by atoms with van der Waals surface area (Å²) >= 11 is 0. The van der Waals surface area contributed by atoms with Crippen LogP contribution in [0.25, 0.3) is 0 Å². The molecule has 1 atom stereocenters. The van der Waals surface area contributed by atoms with E-state index in [-0.39, 0.29) is 34.6 Å². The van der Waals surface area contributed by atoms with Gasteiger partial charge < -0.3 is 4.74 Å². The van der Waals surface area contributed by atoms with Gasteiger partial charge in [0.2, 0.25) is 10.0 Å². The molecule has 1 fully saturated rings. The third-order valence-corrected chi connectivity index (χ3v) is 6.45. The number of nitro benzene ring substituents is 1. The van der Waals surface area contributed by atoms with Crippen LogP contribution >= 0.6 is 0 Å². The zero-order valence-corrected chi connectivity index (χ0v) is 16.7. The van der Waals surface area contributed by atoms with Crippen molar-refractivity contribution in [3.05, 3.63) is 69.5 Å². The molecule has 0 bridgehead atoms. The van der Waals surface area contributed by atoms with Crippen LogP contribution in [0.2, 0.25) is 0 Å². The van der Waals surface area contributed by atoms with Gasteiger partial charge in [-0.25, -0.2) is 17.5 Å². The lowest BCUT2D eigenvalue weighted by Gasteiger charge is -2.35. The fourth-order valence-electron chi connectivity index (χ4n) is 3.35. The Labute approximate surface area is 168 Å². The Morgan fingerprint density at radius 1 is 1.21 bits per heavy atom. The minimum Gasteiger partial charge on any atom is -0.379 e. The van der Waals surface area contributed by atoms with E-state index in [1.54, 1.807) is 12.1 Å². The number of halogens is 1. The van der Waals surface area contributed by atoms with Crippen LogP contribution < -0.4 is 4.72 Å². The van der Waals surface area contributed by atoms with Gasteiger partial charge in [0.1, 0.15) is 5.82 Å². The Morgan fingerprint density at radius 3 is 2.45 bits per heavy atom. The summed E-state index contributed by atoms with van der Waals surface area (Å²) in [4.78, 5) is 12.4. The van der Waals surface area contributed by atoms with E-state index in [0.29, 0.717) is 26.3 Å². The molecule has 0 radical (unpaired) electrons. The second-order valence-electron chi connectivity index (χ2n) is 6.77. The van der Waals surface area contributed by atoms with Gasteiger partial charge in [-0.3, -0.25) is 15.0 Å². The summed E-state index contributed by atoms with van der Waals surface area (Å²) in [6.45, 7) is 3.91. The molecule has 10 heteroatoms. The monoisotopic (exact) mass is 423 g/mol. The Balaban J connectivity index is 1.82. The van der Waals surface area contributed by atoms with Crippen LogP contribution in [0.5, 0.6) is 0 Å². The lowest BCUT2D eigenvalue weighted by molar-refractivity contribution is -0.385. The molecular weight excluding hydrogens is 401 g/mol. The number of nitro groups is 1. The molecule has 1 unspecified atom stereocenters. The number of nitrogens with one attached hydrogen (secondary N) is 1. The molecule has 1 heterocycles. The van der Waals surface area contributed by atoms with Crippen molar-refractivity contribution in [2.45, 2.75) is 17.9 Å². The van der Waals surface area contributed by atoms with Crippen LogP contribution in [0.3, 0.4) is 0 Å². The third-order valence-electron chi connectivity index (χ3n) is 4.87. The molecule has 1 N–H and O–H groups in total. The molecule has 2 aromatic carbocycles. The van der Waals surface area contributed by atoms with Gasteiger partial charge in [-0.1, -0.05) is 12.1 Å². The van der Waals surface area contributed by atoms with Crippen molar-refractivity contribution in [2.75, 3.05) is 32.8 Å². The fourth-order valence-corrected chi connectivity index (χ4v) is 4.61. The molecule has 29 heavy (non-hydrogen) atoms. The largest absolute Gasteiger partial charge is 0.379 e. The third kappa shape index (κ3) is 5.15. The van der Waals surface area contributed by atoms with Gasteiger partial charge in [-0.2, -0.15) is 0 Å². The van der Waals surface area contributed by atoms with E-state index in [4.69, 9.17) is 4.74 Å². The van der Waals surface area contributed by atoms with E-state index in [0.717, 1.165) is 5.56 Å². The summed E-state index contributed by atoms with van der Waals surface area (Å²) in [5.74, 6) is -0.364. The lowest BCUT2D eigenvalue weighted by atomic mass is 10.0. The van der Waals surface area contributed by atoms with Crippen LogP contribution in [0, 0.1) is 22.9 Å². The summed E-state index contributed by atoms with van der Waals surface area (Å²) < 4.78 is 46.9. The fraction of sp³-hybridized carbons (Fsp3) is 0.368. The van der Waals surface area contributed by atoms with Crippen molar-refractivity contribution in [2.24, 2.45) is 0 Å². The number of hydrogen-bond donors (Lipinski definition) is 1. The van der Waals surface area contributed by atoms with Crippen LogP contribution in [-0.4, -0.2) is 51.1 Å². The number of non-ortho nitro benzene ring substituents is 1. The number of hydrogen-bond acceptors (Lipinski definition) is 6. The van der Waals surface area contributed by atoms with Crippen LogP contribution in [0.1, 0.15) is 17.2 Å². The van der Waals surface area contributed by atoms with Gasteiger partial charge in [0.05, 0.1) is 23.0 Å². The smallest absolute Gasteiger partial charge is 0.269 e. The molecular formula is C19H22FN3O5S. The quantitative estimate of drug-likeness (QED) is 0.542. The highest BCUT2D eigenvalue weighted by Crippen LogP contribution is 2.24. The predicted molar refractivity (Wildman–Crippen MR) is 105 cm³/mol. The SMILES string of the molecule is Cc1cc([N+](=O)[O-])ccc1S(=O)(=O)NCC(c1ccc(F)cc1)N1CCOCC1. The highest BCUT2D eigenvalue weighted by molar-refractivity contribution is 7.89. The summed E-state index contributed by atoms with van der Waals surface area (Å²) in [6.07, 6.45) is 0. The van der Waals surface area contributed by atoms with Crippen molar-refractivity contribution in [3.8, 4) is 0 Å². The Morgan fingerprint density at radius 2 is 1.86 bits per heavy atom. The Hall–Kier alpha value is -2.40. The number of nitrogens with zero attached hydrogens (tertiary/aromatic N) is 2. The highest BCUT2D eigenvalue weighted by Gasteiger charge is 2.26. The van der Waals surface area contributed by atoms with Gasteiger partial charge in [0.25, 0.3) is 5.69 Å². The minimum atomic E-state index is -3.89. The maximum absolute atomic E-state index is 13.3. The zero-order valence-electron chi connectivity index (χ0n) is 15.9. The summed E-state index contributed by atoms with van der Waals surface area (Å²) in [5.41, 5.74) is 0.909. The van der Waals surface area contributed by atoms with Crippen molar-refractivity contribution < 1.29 is 22.5 Å². The molecule has 2 aromatic rings. The topological polar surface area (TPSA) is 102 Å². The predicted octanol–water partition coefficient (Wildman–Crippen LogP) is 2.39. The van der Waals surface area contributed by atoms with Crippen LogP contribution in [0.15, 0.2) is 47.4 Å². The molecule has 1 aliphatic rings. The van der Waals surface area contributed by atoms with Crippen molar-refractivity contribution >= 4 is 15.7 Å². The van der Waals surface area contributed by atoms with E-state index in [9.17, 15) is 22.9 Å². The van der Waals surface area contributed by atoms with Gasteiger partial charge >= 0.3 is 0 Å². The summed E-state index contributed by atoms with van der Waals surface area (Å²) in [6, 6.07) is 9.30. The van der Waals surface area contributed by atoms with Gasteiger partial charge in [0.15, 0.2) is 0 Å². The van der Waals surface area contributed by atoms with E-state index in [1.807, 2.05) is 0 Å². The van der Waals surface area contributed by atoms with Crippen molar-refractivity contribution in [3.63, 3.8) is 0 Å². The standard InChI is InChI=1S/C19H22FN3O5S/c1-14-12-17(23(24)25)6-7-19(14)29(26,27)21-13-18(22-8-10-28-11-9-22)15-2-4-16(20)5-3-15/h2-7,12,18,21H,8-11,13H2,1H3. The highest BCUT2D eigenvalue weighted by atomic mass is 32.2. The van der Waals surface area contributed by atoms with Gasteiger partial charge in [-0.15, -0.1) is 0 Å². The number of ether oxygens (including phenoxy) is 1. The number of aryl methyl sites for hydroxylation is 1. The van der Waals surface area contributed by atoms with E-state index in [2.05, 4.69) is 9.62 Å². The minimum absolute atomic E-state index is 0.0112. The second-order valence-corrected chi connectivity index (χ2v) is 8.51. The Bertz CT molecular complexity index is 976. The van der Waals surface area contributed by atoms with Crippen LogP contribution in [0.4, 0.5) is 10.1 Å². The molecule has 156 valence electrons. The Kier molecular flexibility index (Phi) is 6.58. The first-order chi connectivity index (χ1) is 13.8. The molecule has 3 rings (SSSR count). The maximum Gasteiger partial charge on any atom is 0.269 e. The summed E-state index contributed by atoms with van der Waals surface area (Å²) in [7, 11) is -3.89. The number of benzene rings is 2. The lowest BCUT2D eigenvalue weighted by Crippen LogP contribution is -2.43. The van der Waals surface area contributed by atoms with E-state index < -0.39 is 14.9 Å². The van der Waals surface area contributed by atoms with Crippen LogP contribution in [-0.2, 0) is 14.8 Å². The molecule has 0 aliphatic carbocycles. The molecule has 0 spiro atoms. The first-order valence-electron chi connectivity index (χ1n) is 9.10. The molecule has 0 aromatic heterocycles. The maximum atomic E-state index is 13.3. The first-order valence-corrected chi connectivity index (χ1v) is 10.6. The average Bonchev–Trinajstić information content (AvgIpc) is 2.70. The summed E-state index contributed by atoms with van der Waals surface area (Å²) in [5, 5.41) is 10.9. The van der Waals surface area contributed by atoms with E-state index >= 15 is 0 Å². The number of morpholine rings is 1. The number of rotatable bonds is 7.